The van der Waals surface area contributed by atoms with E-state index in [2.05, 4.69) is 5.10 Å². The maximum absolute atomic E-state index is 18.0. The lowest BCUT2D eigenvalue weighted by molar-refractivity contribution is -0.228. The number of thioether (sulfide) groups is 1. The third-order valence-corrected chi connectivity index (χ3v) is 11.8. The first-order valence-corrected chi connectivity index (χ1v) is 15.6. The maximum Gasteiger partial charge on any atom is 0.306 e. The molecule has 0 bridgehead atoms. The zero-order valence-electron chi connectivity index (χ0n) is 24.0. The van der Waals surface area contributed by atoms with Gasteiger partial charge >= 0.3 is 5.97 Å². The van der Waals surface area contributed by atoms with E-state index in [4.69, 9.17) is 10.00 Å². The van der Waals surface area contributed by atoms with Crippen molar-refractivity contribution in [1.82, 2.24) is 9.78 Å². The van der Waals surface area contributed by atoms with Crippen molar-refractivity contribution in [3.05, 3.63) is 53.1 Å². The molecule has 0 radical (unpaired) electrons. The lowest BCUT2D eigenvalue weighted by Crippen LogP contribution is -2.70. The van der Waals surface area contributed by atoms with Crippen LogP contribution in [0.3, 0.4) is 0 Å². The number of hydrogen-bond acceptors (Lipinski definition) is 7. The van der Waals surface area contributed by atoms with Crippen molar-refractivity contribution in [3.8, 4) is 11.8 Å². The topological polar surface area (TPSA) is 105 Å². The van der Waals surface area contributed by atoms with Crippen LogP contribution in [-0.4, -0.2) is 49.1 Å². The first kappa shape index (κ1) is 29.1. The fourth-order valence-electron chi connectivity index (χ4n) is 8.86. The van der Waals surface area contributed by atoms with Gasteiger partial charge in [-0.2, -0.15) is 10.4 Å². The number of allylic oxidation sites excluding steroid dienone is 1. The number of aliphatic hydroxyl groups is 1. The van der Waals surface area contributed by atoms with Crippen LogP contribution >= 0.6 is 11.8 Å². The highest BCUT2D eigenvalue weighted by Crippen LogP contribution is 2.71. The average Bonchev–Trinajstić information content (AvgIpc) is 3.49. The lowest BCUT2D eigenvalue weighted by atomic mass is 9.44. The maximum atomic E-state index is 18.0. The van der Waals surface area contributed by atoms with Crippen LogP contribution in [-0.2, 0) is 20.7 Å². The fourth-order valence-corrected chi connectivity index (χ4v) is 9.66. The molecule has 1 heterocycles. The number of nitriles is 1. The standard InChI is InChI=1S/C32H35F2N3O4S/c1-4-27(39)41-31(28(40)42-14-13-35)12-11-23-24-10-5-20-15-25-19(18-36-37(25)22-8-6-21(33)7-9-22)16-29(20,2)32(24,34)26(38)17-30(23,31)3/h6-9,15,18,23-24,26,38H,4-5,10-12,14,16-17H2,1-3H3/t23-,24-,26-,29-,30-,31-,32-/m0/s1. The predicted octanol–water partition coefficient (Wildman–Crippen LogP) is 5.73. The van der Waals surface area contributed by atoms with Gasteiger partial charge in [0.15, 0.2) is 5.60 Å². The molecule has 0 spiro atoms. The Morgan fingerprint density at radius 1 is 1.24 bits per heavy atom. The number of esters is 1. The van der Waals surface area contributed by atoms with Gasteiger partial charge in [-0.3, -0.25) is 9.59 Å². The van der Waals surface area contributed by atoms with Crippen LogP contribution in [0.15, 0.2) is 36.0 Å². The molecule has 7 atom stereocenters. The summed E-state index contributed by atoms with van der Waals surface area (Å²) in [6, 6.07) is 8.04. The van der Waals surface area contributed by atoms with Gasteiger partial charge in [-0.25, -0.2) is 13.5 Å². The highest BCUT2D eigenvalue weighted by Gasteiger charge is 2.75. The Morgan fingerprint density at radius 3 is 2.67 bits per heavy atom. The number of aromatic nitrogens is 2. The molecular formula is C32H35F2N3O4S. The van der Waals surface area contributed by atoms with Crippen LogP contribution in [0.4, 0.5) is 8.78 Å². The minimum Gasteiger partial charge on any atom is -0.449 e. The monoisotopic (exact) mass is 595 g/mol. The van der Waals surface area contributed by atoms with E-state index in [0.29, 0.717) is 31.4 Å². The number of aliphatic hydroxyl groups excluding tert-OH is 1. The second kappa shape index (κ2) is 10.0. The van der Waals surface area contributed by atoms with Gasteiger partial charge in [0.25, 0.3) is 0 Å². The molecule has 4 aliphatic rings. The van der Waals surface area contributed by atoms with Crippen LogP contribution in [0.5, 0.6) is 0 Å². The molecule has 0 amide bonds. The van der Waals surface area contributed by atoms with Crippen LogP contribution in [0, 0.1) is 39.8 Å². The van der Waals surface area contributed by atoms with Crippen molar-refractivity contribution in [2.75, 3.05) is 5.75 Å². The van der Waals surface area contributed by atoms with E-state index >= 15 is 4.39 Å². The molecule has 1 aromatic heterocycles. The number of rotatable bonds is 5. The van der Waals surface area contributed by atoms with Gasteiger partial charge in [0.05, 0.1) is 35.5 Å². The summed E-state index contributed by atoms with van der Waals surface area (Å²) in [5, 5.41) is 25.1. The smallest absolute Gasteiger partial charge is 0.306 e. The molecule has 7 nitrogen and oxygen atoms in total. The summed E-state index contributed by atoms with van der Waals surface area (Å²) < 4.78 is 39.3. The third-order valence-electron chi connectivity index (χ3n) is 10.9. The van der Waals surface area contributed by atoms with Gasteiger partial charge < -0.3 is 9.84 Å². The second-order valence-electron chi connectivity index (χ2n) is 12.7. The number of halogens is 2. The van der Waals surface area contributed by atoms with Crippen molar-refractivity contribution >= 4 is 28.9 Å². The van der Waals surface area contributed by atoms with Crippen molar-refractivity contribution in [3.63, 3.8) is 0 Å². The Morgan fingerprint density at radius 2 is 1.98 bits per heavy atom. The molecule has 3 saturated carbocycles. The number of ether oxygens (including phenoxy) is 1. The zero-order chi connectivity index (χ0) is 30.1. The summed E-state index contributed by atoms with van der Waals surface area (Å²) in [4.78, 5) is 26.3. The molecule has 3 fully saturated rings. The molecule has 0 saturated heterocycles. The Labute approximate surface area is 248 Å². The number of carbonyl (C=O) groups is 2. The van der Waals surface area contributed by atoms with Crippen molar-refractivity contribution < 1.29 is 28.2 Å². The van der Waals surface area contributed by atoms with Gasteiger partial charge in [0.2, 0.25) is 5.12 Å². The molecule has 6 rings (SSSR count). The number of fused-ring (bicyclic) bond motifs is 6. The summed E-state index contributed by atoms with van der Waals surface area (Å²) >= 11 is 0.828. The summed E-state index contributed by atoms with van der Waals surface area (Å²) in [6.07, 6.45) is 4.50. The SMILES string of the molecule is CCC(=O)O[C@]1(C(=O)SCC#N)CC[C@H]2[C@@H]3CCC4=Cc5c(cnn5-c5ccc(F)cc5)C[C@]4(C)[C@@]3(F)[C@@H](O)C[C@@]21C. The summed E-state index contributed by atoms with van der Waals surface area (Å²) in [7, 11) is 0. The highest BCUT2D eigenvalue weighted by molar-refractivity contribution is 8.14. The number of benzene rings is 1. The number of hydrogen-bond donors (Lipinski definition) is 1. The van der Waals surface area contributed by atoms with E-state index in [1.165, 1.54) is 12.1 Å². The molecular weight excluding hydrogens is 560 g/mol. The molecule has 0 aliphatic heterocycles. The van der Waals surface area contributed by atoms with Crippen molar-refractivity contribution in [2.24, 2.45) is 22.7 Å². The van der Waals surface area contributed by atoms with Gasteiger partial charge in [-0.15, -0.1) is 0 Å². The summed E-state index contributed by atoms with van der Waals surface area (Å²) in [5.74, 6) is -1.80. The van der Waals surface area contributed by atoms with Crippen LogP contribution < -0.4 is 0 Å². The Bertz CT molecular complexity index is 1520. The lowest BCUT2D eigenvalue weighted by Gasteiger charge is -2.63. The molecule has 0 unspecified atom stereocenters. The van der Waals surface area contributed by atoms with E-state index in [9.17, 15) is 19.1 Å². The third kappa shape index (κ3) is 3.82. The fraction of sp³-hybridized carbons (Fsp3) is 0.562. The summed E-state index contributed by atoms with van der Waals surface area (Å²) in [6.45, 7) is 5.41. The van der Waals surface area contributed by atoms with Crippen LogP contribution in [0.2, 0.25) is 0 Å². The largest absolute Gasteiger partial charge is 0.449 e. The zero-order valence-corrected chi connectivity index (χ0v) is 24.8. The van der Waals surface area contributed by atoms with E-state index in [0.717, 1.165) is 28.6 Å². The first-order chi connectivity index (χ1) is 19.9. The van der Waals surface area contributed by atoms with E-state index < -0.39 is 45.2 Å². The molecule has 10 heteroatoms. The van der Waals surface area contributed by atoms with Crippen LogP contribution in [0.25, 0.3) is 11.8 Å². The van der Waals surface area contributed by atoms with E-state index in [1.54, 1.807) is 29.9 Å². The Hall–Kier alpha value is -3.03. The van der Waals surface area contributed by atoms with Gasteiger partial charge in [-0.05, 0) is 80.3 Å². The van der Waals surface area contributed by atoms with Gasteiger partial charge in [-0.1, -0.05) is 38.1 Å². The molecule has 2 aromatic rings. The van der Waals surface area contributed by atoms with Crippen LogP contribution in [0.1, 0.15) is 70.6 Å². The first-order valence-electron chi connectivity index (χ1n) is 14.6. The normalized spacial score (nSPS) is 36.5. The molecule has 1 N–H and O–H groups in total. The Kier molecular flexibility index (Phi) is 6.93. The molecule has 4 aliphatic carbocycles. The van der Waals surface area contributed by atoms with Gasteiger partial charge in [0.1, 0.15) is 11.5 Å². The highest BCUT2D eigenvalue weighted by atomic mass is 32.2. The molecule has 42 heavy (non-hydrogen) atoms. The molecule has 222 valence electrons. The average molecular weight is 596 g/mol. The van der Waals surface area contributed by atoms with E-state index in [1.807, 2.05) is 26.0 Å². The minimum absolute atomic E-state index is 0.0366. The molecule has 1 aromatic carbocycles. The number of carbonyl (C=O) groups excluding carboxylic acids is 2. The van der Waals surface area contributed by atoms with E-state index in [-0.39, 0.29) is 36.8 Å². The van der Waals surface area contributed by atoms with Crippen molar-refractivity contribution in [2.45, 2.75) is 83.1 Å². The summed E-state index contributed by atoms with van der Waals surface area (Å²) in [5.41, 5.74) is -2.21. The van der Waals surface area contributed by atoms with Gasteiger partial charge in [0, 0.05) is 23.2 Å². The predicted molar refractivity (Wildman–Crippen MR) is 154 cm³/mol. The Balaban J connectivity index is 1.39. The number of nitrogens with zero attached hydrogens (tertiary/aromatic N) is 3. The second-order valence-corrected chi connectivity index (χ2v) is 13.7. The van der Waals surface area contributed by atoms with Crippen molar-refractivity contribution in [1.29, 1.82) is 5.26 Å². The minimum atomic E-state index is -1.98. The quantitative estimate of drug-likeness (QED) is 0.440. The number of alkyl halides is 1.